The molecule has 1 aromatic carbocycles. The Morgan fingerprint density at radius 2 is 1.94 bits per heavy atom. The molecule has 0 heterocycles. The fourth-order valence-electron chi connectivity index (χ4n) is 1.66. The summed E-state index contributed by atoms with van der Waals surface area (Å²) in [5, 5.41) is 10.3. The summed E-state index contributed by atoms with van der Waals surface area (Å²) >= 11 is 0. The maximum absolute atomic E-state index is 10.3. The van der Waals surface area contributed by atoms with Crippen molar-refractivity contribution in [1.82, 2.24) is 0 Å². The standard InChI is InChI=1S/C16H22O/c1-3-4-5-6-7-11-14-16(2,17)15-12-9-8-10-13-15/h7-10,12-14,17H,3-6H2,1-2H3. The molecule has 17 heavy (non-hydrogen) atoms. The van der Waals surface area contributed by atoms with E-state index in [1.54, 1.807) is 13.0 Å². The van der Waals surface area contributed by atoms with Crippen molar-refractivity contribution in [2.24, 2.45) is 0 Å². The summed E-state index contributed by atoms with van der Waals surface area (Å²) in [6, 6.07) is 9.67. The molecule has 0 bridgehead atoms. The minimum Gasteiger partial charge on any atom is -0.381 e. The Kier molecular flexibility index (Phi) is 5.76. The smallest absolute Gasteiger partial charge is 0.112 e. The average Bonchev–Trinajstić information content (AvgIpc) is 2.35. The van der Waals surface area contributed by atoms with E-state index < -0.39 is 5.60 Å². The summed E-state index contributed by atoms with van der Waals surface area (Å²) in [6.07, 6.45) is 8.47. The van der Waals surface area contributed by atoms with Gasteiger partial charge >= 0.3 is 0 Å². The summed E-state index contributed by atoms with van der Waals surface area (Å²) in [6.45, 7) is 3.98. The topological polar surface area (TPSA) is 20.2 Å². The van der Waals surface area contributed by atoms with E-state index in [1.165, 1.54) is 19.3 Å². The third kappa shape index (κ3) is 5.04. The predicted molar refractivity (Wildman–Crippen MR) is 72.8 cm³/mol. The van der Waals surface area contributed by atoms with Gasteiger partial charge in [-0.05, 0) is 37.5 Å². The predicted octanol–water partition coefficient (Wildman–Crippen LogP) is 4.19. The van der Waals surface area contributed by atoms with Crippen LogP contribution in [0.1, 0.15) is 45.1 Å². The molecule has 1 unspecified atom stereocenters. The van der Waals surface area contributed by atoms with Gasteiger partial charge in [-0.2, -0.15) is 0 Å². The second-order valence-corrected chi connectivity index (χ2v) is 4.52. The normalized spacial score (nSPS) is 13.6. The van der Waals surface area contributed by atoms with Gasteiger partial charge in [-0.1, -0.05) is 50.1 Å². The Morgan fingerprint density at radius 3 is 2.59 bits per heavy atom. The molecule has 0 aliphatic rings. The van der Waals surface area contributed by atoms with Crippen LogP contribution in [0, 0.1) is 0 Å². The lowest BCUT2D eigenvalue weighted by atomic mass is 9.96. The zero-order valence-electron chi connectivity index (χ0n) is 10.8. The molecule has 0 aliphatic heterocycles. The average molecular weight is 230 g/mol. The molecule has 0 aromatic heterocycles. The van der Waals surface area contributed by atoms with Crippen molar-refractivity contribution >= 4 is 0 Å². The van der Waals surface area contributed by atoms with E-state index in [4.69, 9.17) is 0 Å². The van der Waals surface area contributed by atoms with Crippen molar-refractivity contribution in [2.75, 3.05) is 0 Å². The zero-order chi connectivity index (χ0) is 12.6. The molecule has 0 fully saturated rings. The van der Waals surface area contributed by atoms with Gasteiger partial charge in [0, 0.05) is 0 Å². The van der Waals surface area contributed by atoms with Crippen LogP contribution in [0.3, 0.4) is 0 Å². The first kappa shape index (κ1) is 13.8. The molecule has 1 N–H and O–H groups in total. The minimum atomic E-state index is -0.928. The molecule has 1 atom stereocenters. The molecule has 0 saturated carbocycles. The Hall–Kier alpha value is -1.30. The fourth-order valence-corrected chi connectivity index (χ4v) is 1.66. The summed E-state index contributed by atoms with van der Waals surface area (Å²) < 4.78 is 0. The zero-order valence-corrected chi connectivity index (χ0v) is 10.8. The number of rotatable bonds is 6. The monoisotopic (exact) mass is 230 g/mol. The van der Waals surface area contributed by atoms with Crippen LogP contribution >= 0.6 is 0 Å². The lowest BCUT2D eigenvalue weighted by Crippen LogP contribution is -2.16. The van der Waals surface area contributed by atoms with Crippen molar-refractivity contribution < 1.29 is 5.11 Å². The Labute approximate surface area is 104 Å². The Morgan fingerprint density at radius 1 is 1.24 bits per heavy atom. The molecular formula is C16H22O. The van der Waals surface area contributed by atoms with Crippen LogP contribution < -0.4 is 0 Å². The minimum absolute atomic E-state index is 0.898. The lowest BCUT2D eigenvalue weighted by Gasteiger charge is -2.17. The highest BCUT2D eigenvalue weighted by Gasteiger charge is 2.17. The maximum atomic E-state index is 10.3. The maximum Gasteiger partial charge on any atom is 0.112 e. The molecule has 0 spiro atoms. The van der Waals surface area contributed by atoms with E-state index in [1.807, 2.05) is 36.4 Å². The summed E-state index contributed by atoms with van der Waals surface area (Å²) in [5.74, 6) is 0. The van der Waals surface area contributed by atoms with Crippen LogP contribution in [0.15, 0.2) is 48.2 Å². The number of aliphatic hydroxyl groups is 1. The van der Waals surface area contributed by atoms with E-state index in [0.717, 1.165) is 12.0 Å². The van der Waals surface area contributed by atoms with Gasteiger partial charge in [0.05, 0.1) is 0 Å². The molecule has 92 valence electrons. The third-order valence-corrected chi connectivity index (χ3v) is 2.79. The van der Waals surface area contributed by atoms with Gasteiger partial charge in [-0.15, -0.1) is 5.73 Å². The van der Waals surface area contributed by atoms with Crippen LogP contribution in [-0.2, 0) is 5.60 Å². The van der Waals surface area contributed by atoms with Crippen LogP contribution in [-0.4, -0.2) is 5.11 Å². The van der Waals surface area contributed by atoms with Gasteiger partial charge in [0.1, 0.15) is 5.60 Å². The summed E-state index contributed by atoms with van der Waals surface area (Å²) in [4.78, 5) is 0. The SMILES string of the molecule is CCCCCC=C=CC(C)(O)c1ccccc1. The van der Waals surface area contributed by atoms with E-state index in [0.29, 0.717) is 0 Å². The highest BCUT2D eigenvalue weighted by molar-refractivity contribution is 5.25. The van der Waals surface area contributed by atoms with Crippen molar-refractivity contribution in [3.8, 4) is 0 Å². The lowest BCUT2D eigenvalue weighted by molar-refractivity contribution is 0.111. The molecular weight excluding hydrogens is 208 g/mol. The second kappa shape index (κ2) is 7.11. The third-order valence-electron chi connectivity index (χ3n) is 2.79. The largest absolute Gasteiger partial charge is 0.381 e. The van der Waals surface area contributed by atoms with Crippen molar-refractivity contribution in [3.05, 3.63) is 53.8 Å². The van der Waals surface area contributed by atoms with Crippen LogP contribution in [0.2, 0.25) is 0 Å². The molecule has 0 aliphatic carbocycles. The number of hydrogen-bond acceptors (Lipinski definition) is 1. The van der Waals surface area contributed by atoms with Crippen molar-refractivity contribution in [2.45, 2.75) is 45.1 Å². The van der Waals surface area contributed by atoms with Gasteiger partial charge in [0.25, 0.3) is 0 Å². The Balaban J connectivity index is 2.57. The molecule has 1 aromatic rings. The van der Waals surface area contributed by atoms with Gasteiger partial charge in [-0.25, -0.2) is 0 Å². The summed E-state index contributed by atoms with van der Waals surface area (Å²) in [5.41, 5.74) is 3.05. The molecule has 0 radical (unpaired) electrons. The molecule has 1 nitrogen and oxygen atoms in total. The highest BCUT2D eigenvalue weighted by Crippen LogP contribution is 2.20. The first-order valence-electron chi connectivity index (χ1n) is 6.37. The van der Waals surface area contributed by atoms with Gasteiger partial charge < -0.3 is 5.11 Å². The van der Waals surface area contributed by atoms with Gasteiger partial charge in [0.2, 0.25) is 0 Å². The number of hydrogen-bond donors (Lipinski definition) is 1. The second-order valence-electron chi connectivity index (χ2n) is 4.52. The van der Waals surface area contributed by atoms with Gasteiger partial charge in [0.15, 0.2) is 0 Å². The van der Waals surface area contributed by atoms with Crippen LogP contribution in [0.4, 0.5) is 0 Å². The van der Waals surface area contributed by atoms with Crippen molar-refractivity contribution in [3.63, 3.8) is 0 Å². The molecule has 0 amide bonds. The quantitative estimate of drug-likeness (QED) is 0.574. The molecule has 1 heteroatoms. The fraction of sp³-hybridized carbons (Fsp3) is 0.438. The number of unbranched alkanes of at least 4 members (excludes halogenated alkanes) is 3. The van der Waals surface area contributed by atoms with E-state index in [9.17, 15) is 5.11 Å². The van der Waals surface area contributed by atoms with Gasteiger partial charge in [-0.3, -0.25) is 0 Å². The highest BCUT2D eigenvalue weighted by atomic mass is 16.3. The van der Waals surface area contributed by atoms with E-state index >= 15 is 0 Å². The first-order chi connectivity index (χ1) is 8.17. The first-order valence-corrected chi connectivity index (χ1v) is 6.37. The molecule has 1 rings (SSSR count). The number of benzene rings is 1. The van der Waals surface area contributed by atoms with E-state index in [-0.39, 0.29) is 0 Å². The van der Waals surface area contributed by atoms with Crippen LogP contribution in [0.5, 0.6) is 0 Å². The Bertz CT molecular complexity index is 370. The van der Waals surface area contributed by atoms with E-state index in [2.05, 4.69) is 12.7 Å². The summed E-state index contributed by atoms with van der Waals surface area (Å²) in [7, 11) is 0. The molecule has 0 saturated heterocycles. The van der Waals surface area contributed by atoms with Crippen molar-refractivity contribution in [1.29, 1.82) is 0 Å². The van der Waals surface area contributed by atoms with Crippen LogP contribution in [0.25, 0.3) is 0 Å².